The van der Waals surface area contributed by atoms with Crippen molar-refractivity contribution < 1.29 is 14.4 Å². The zero-order valence-electron chi connectivity index (χ0n) is 17.5. The zero-order chi connectivity index (χ0) is 21.2. The number of carbonyl (C=O) groups excluding carboxylic acids is 3. The lowest BCUT2D eigenvalue weighted by Gasteiger charge is -2.45. The van der Waals surface area contributed by atoms with E-state index in [1.165, 1.54) is 4.90 Å². The SMILES string of the molecule is CC(C)(C)NC(=O)CCN1C(=O)C2C3c4ccccc4C(c4ccccc43)C2C1=O. The smallest absolute Gasteiger partial charge is 0.234 e. The van der Waals surface area contributed by atoms with Crippen LogP contribution in [-0.4, -0.2) is 34.7 Å². The van der Waals surface area contributed by atoms with E-state index in [1.54, 1.807) is 0 Å². The summed E-state index contributed by atoms with van der Waals surface area (Å²) in [4.78, 5) is 40.5. The maximum absolute atomic E-state index is 13.4. The van der Waals surface area contributed by atoms with Gasteiger partial charge in [0.15, 0.2) is 0 Å². The predicted octanol–water partition coefficient (Wildman–Crippen LogP) is 3.18. The van der Waals surface area contributed by atoms with E-state index >= 15 is 0 Å². The van der Waals surface area contributed by atoms with Crippen molar-refractivity contribution in [3.8, 4) is 0 Å². The van der Waals surface area contributed by atoms with Crippen molar-refractivity contribution in [2.45, 2.75) is 44.6 Å². The fourth-order valence-corrected chi connectivity index (χ4v) is 5.65. The molecule has 3 aliphatic carbocycles. The molecule has 4 aliphatic rings. The zero-order valence-corrected chi connectivity index (χ0v) is 17.5. The molecule has 0 aromatic heterocycles. The summed E-state index contributed by atoms with van der Waals surface area (Å²) in [5.41, 5.74) is 4.31. The Bertz CT molecular complexity index is 953. The molecule has 1 saturated heterocycles. The largest absolute Gasteiger partial charge is 0.351 e. The molecule has 2 atom stereocenters. The quantitative estimate of drug-likeness (QED) is 0.802. The average Bonchev–Trinajstić information content (AvgIpc) is 2.96. The van der Waals surface area contributed by atoms with Gasteiger partial charge in [0, 0.05) is 30.3 Å². The van der Waals surface area contributed by atoms with Gasteiger partial charge in [-0.15, -0.1) is 0 Å². The van der Waals surface area contributed by atoms with Crippen LogP contribution in [0.2, 0.25) is 0 Å². The molecule has 1 aliphatic heterocycles. The Hall–Kier alpha value is -2.95. The molecule has 0 spiro atoms. The van der Waals surface area contributed by atoms with Gasteiger partial charge in [-0.25, -0.2) is 0 Å². The summed E-state index contributed by atoms with van der Waals surface area (Å²) in [6, 6.07) is 16.4. The molecule has 0 radical (unpaired) electrons. The molecule has 3 amide bonds. The van der Waals surface area contributed by atoms with Gasteiger partial charge in [-0.05, 0) is 43.0 Å². The summed E-state index contributed by atoms with van der Waals surface area (Å²) >= 11 is 0. The monoisotopic (exact) mass is 402 g/mol. The van der Waals surface area contributed by atoms with Crippen LogP contribution in [0.3, 0.4) is 0 Å². The molecule has 30 heavy (non-hydrogen) atoms. The van der Waals surface area contributed by atoms with E-state index in [4.69, 9.17) is 0 Å². The third-order valence-corrected chi connectivity index (χ3v) is 6.62. The van der Waals surface area contributed by atoms with E-state index in [0.717, 1.165) is 22.3 Å². The Morgan fingerprint density at radius 3 is 1.60 bits per heavy atom. The summed E-state index contributed by atoms with van der Waals surface area (Å²) in [5.74, 6) is -1.36. The number of nitrogens with zero attached hydrogens (tertiary/aromatic N) is 1. The van der Waals surface area contributed by atoms with E-state index in [2.05, 4.69) is 29.6 Å². The summed E-state index contributed by atoms with van der Waals surface area (Å²) in [5, 5.41) is 2.91. The normalized spacial score (nSPS) is 26.3. The standard InChI is InChI=1S/C25H26N2O3/c1-25(2,3)26-18(28)12-13-27-23(29)21-19-14-8-4-5-9-15(14)20(22(21)24(27)30)17-11-7-6-10-16(17)19/h4-11,19-22H,12-13H2,1-3H3,(H,26,28). The van der Waals surface area contributed by atoms with Gasteiger partial charge in [0.1, 0.15) is 0 Å². The number of benzene rings is 2. The van der Waals surface area contributed by atoms with Crippen molar-refractivity contribution in [3.05, 3.63) is 70.8 Å². The molecule has 2 aromatic carbocycles. The molecule has 2 bridgehead atoms. The molecule has 2 aromatic rings. The van der Waals surface area contributed by atoms with Crippen molar-refractivity contribution in [3.63, 3.8) is 0 Å². The minimum atomic E-state index is -0.377. The van der Waals surface area contributed by atoms with Crippen LogP contribution in [0.15, 0.2) is 48.5 Å². The van der Waals surface area contributed by atoms with Crippen molar-refractivity contribution >= 4 is 17.7 Å². The highest BCUT2D eigenvalue weighted by molar-refractivity contribution is 6.08. The van der Waals surface area contributed by atoms with Gasteiger partial charge in [0.25, 0.3) is 0 Å². The summed E-state index contributed by atoms with van der Waals surface area (Å²) in [6.45, 7) is 5.88. The Morgan fingerprint density at radius 2 is 1.23 bits per heavy atom. The Balaban J connectivity index is 1.49. The fourth-order valence-electron chi connectivity index (χ4n) is 5.65. The van der Waals surface area contributed by atoms with Gasteiger partial charge in [-0.2, -0.15) is 0 Å². The number of rotatable bonds is 3. The van der Waals surface area contributed by atoms with Gasteiger partial charge >= 0.3 is 0 Å². The molecule has 6 rings (SSSR count). The maximum Gasteiger partial charge on any atom is 0.234 e. The molecule has 2 unspecified atom stereocenters. The van der Waals surface area contributed by atoms with Gasteiger partial charge in [-0.1, -0.05) is 48.5 Å². The summed E-state index contributed by atoms with van der Waals surface area (Å²) in [7, 11) is 0. The molecule has 1 fully saturated rings. The first-order valence-corrected chi connectivity index (χ1v) is 10.6. The van der Waals surface area contributed by atoms with Crippen molar-refractivity contribution in [1.82, 2.24) is 10.2 Å². The van der Waals surface area contributed by atoms with E-state index in [1.807, 2.05) is 45.0 Å². The second kappa shape index (κ2) is 6.53. The second-order valence-corrected chi connectivity index (χ2v) is 9.64. The molecular weight excluding hydrogens is 376 g/mol. The van der Waals surface area contributed by atoms with Crippen LogP contribution < -0.4 is 5.32 Å². The topological polar surface area (TPSA) is 66.5 Å². The number of nitrogens with one attached hydrogen (secondary N) is 1. The number of imide groups is 1. The highest BCUT2D eigenvalue weighted by Gasteiger charge is 2.61. The van der Waals surface area contributed by atoms with Crippen LogP contribution in [0.25, 0.3) is 0 Å². The van der Waals surface area contributed by atoms with Crippen LogP contribution in [0.4, 0.5) is 0 Å². The summed E-state index contributed by atoms with van der Waals surface area (Å²) in [6.07, 6.45) is 0.128. The molecule has 1 heterocycles. The molecule has 5 nitrogen and oxygen atoms in total. The van der Waals surface area contributed by atoms with Crippen LogP contribution in [0, 0.1) is 11.8 Å². The highest BCUT2D eigenvalue weighted by Crippen LogP contribution is 2.60. The Morgan fingerprint density at radius 1 is 0.833 bits per heavy atom. The lowest BCUT2D eigenvalue weighted by molar-refractivity contribution is -0.140. The second-order valence-electron chi connectivity index (χ2n) is 9.64. The minimum Gasteiger partial charge on any atom is -0.351 e. The number of carbonyl (C=O) groups is 3. The van der Waals surface area contributed by atoms with Crippen LogP contribution in [-0.2, 0) is 14.4 Å². The van der Waals surface area contributed by atoms with Crippen molar-refractivity contribution in [1.29, 1.82) is 0 Å². The molecule has 5 heteroatoms. The summed E-state index contributed by atoms with van der Waals surface area (Å²) < 4.78 is 0. The predicted molar refractivity (Wildman–Crippen MR) is 113 cm³/mol. The van der Waals surface area contributed by atoms with Crippen LogP contribution in [0.5, 0.6) is 0 Å². The van der Waals surface area contributed by atoms with Crippen molar-refractivity contribution in [2.75, 3.05) is 6.54 Å². The Labute approximate surface area is 176 Å². The van der Waals surface area contributed by atoms with E-state index in [0.29, 0.717) is 0 Å². The van der Waals surface area contributed by atoms with Gasteiger partial charge < -0.3 is 5.32 Å². The number of hydrogen-bond donors (Lipinski definition) is 1. The molecular formula is C25H26N2O3. The van der Waals surface area contributed by atoms with E-state index in [-0.39, 0.29) is 59.9 Å². The highest BCUT2D eigenvalue weighted by atomic mass is 16.2. The lowest BCUT2D eigenvalue weighted by Crippen LogP contribution is -2.42. The number of likely N-dealkylation sites (tertiary alicyclic amines) is 1. The van der Waals surface area contributed by atoms with Crippen LogP contribution in [0.1, 0.15) is 61.3 Å². The first kappa shape index (κ1) is 19.0. The third-order valence-electron chi connectivity index (χ3n) is 6.62. The molecule has 1 N–H and O–H groups in total. The number of amides is 3. The first-order valence-electron chi connectivity index (χ1n) is 10.6. The van der Waals surface area contributed by atoms with Crippen molar-refractivity contribution in [2.24, 2.45) is 11.8 Å². The van der Waals surface area contributed by atoms with Gasteiger partial charge in [0.2, 0.25) is 17.7 Å². The van der Waals surface area contributed by atoms with E-state index in [9.17, 15) is 14.4 Å². The minimum absolute atomic E-state index is 0.0998. The number of hydrogen-bond acceptors (Lipinski definition) is 3. The van der Waals surface area contributed by atoms with Crippen LogP contribution >= 0.6 is 0 Å². The third kappa shape index (κ3) is 2.72. The molecule has 0 saturated carbocycles. The first-order chi connectivity index (χ1) is 14.3. The van der Waals surface area contributed by atoms with Gasteiger partial charge in [-0.3, -0.25) is 19.3 Å². The lowest BCUT2D eigenvalue weighted by atomic mass is 9.55. The fraction of sp³-hybridized carbons (Fsp3) is 0.400. The maximum atomic E-state index is 13.4. The molecule has 154 valence electrons. The Kier molecular flexibility index (Phi) is 4.14. The van der Waals surface area contributed by atoms with E-state index < -0.39 is 0 Å². The average molecular weight is 402 g/mol. The van der Waals surface area contributed by atoms with Gasteiger partial charge in [0.05, 0.1) is 11.8 Å².